The summed E-state index contributed by atoms with van der Waals surface area (Å²) in [6.45, 7) is 3.53. The maximum absolute atomic E-state index is 11.8. The molecule has 0 saturated carbocycles. The van der Waals surface area contributed by atoms with E-state index >= 15 is 0 Å². The summed E-state index contributed by atoms with van der Waals surface area (Å²) < 4.78 is 10.7. The van der Waals surface area contributed by atoms with Crippen LogP contribution < -0.4 is 5.32 Å². The number of furan rings is 1. The van der Waals surface area contributed by atoms with E-state index < -0.39 is 5.97 Å². The Morgan fingerprint density at radius 3 is 2.74 bits per heavy atom. The van der Waals surface area contributed by atoms with Gasteiger partial charge in [-0.05, 0) is 65.2 Å². The van der Waals surface area contributed by atoms with E-state index in [0.29, 0.717) is 16.1 Å². The molecule has 120 valence electrons. The van der Waals surface area contributed by atoms with Crippen LogP contribution in [0, 0.1) is 13.8 Å². The first-order valence-corrected chi connectivity index (χ1v) is 7.71. The molecule has 0 saturated heterocycles. The Labute approximate surface area is 142 Å². The van der Waals surface area contributed by atoms with E-state index in [0.717, 1.165) is 11.1 Å². The maximum atomic E-state index is 11.8. The SMILES string of the molecule is Cc1cccc(NC(=O)COC(=O)/C=C/c2ccc(Br)o2)c1C. The zero-order valence-corrected chi connectivity index (χ0v) is 14.3. The number of esters is 1. The van der Waals surface area contributed by atoms with Gasteiger partial charge in [-0.2, -0.15) is 0 Å². The van der Waals surface area contributed by atoms with Gasteiger partial charge in [-0.1, -0.05) is 12.1 Å². The molecule has 0 aliphatic rings. The molecule has 0 radical (unpaired) electrons. The van der Waals surface area contributed by atoms with Crippen molar-refractivity contribution >= 4 is 39.6 Å². The average Bonchev–Trinajstić information content (AvgIpc) is 2.93. The van der Waals surface area contributed by atoms with Gasteiger partial charge in [0.05, 0.1) is 0 Å². The number of ether oxygens (including phenoxy) is 1. The molecule has 0 spiro atoms. The van der Waals surface area contributed by atoms with Crippen LogP contribution in [0.4, 0.5) is 5.69 Å². The van der Waals surface area contributed by atoms with Gasteiger partial charge in [0, 0.05) is 11.8 Å². The Morgan fingerprint density at radius 1 is 1.26 bits per heavy atom. The summed E-state index contributed by atoms with van der Waals surface area (Å²) in [5.41, 5.74) is 2.77. The summed E-state index contributed by atoms with van der Waals surface area (Å²) in [5.74, 6) is -0.497. The molecular formula is C17H16BrNO4. The predicted molar refractivity (Wildman–Crippen MR) is 90.9 cm³/mol. The van der Waals surface area contributed by atoms with Crippen molar-refractivity contribution in [2.45, 2.75) is 13.8 Å². The molecule has 1 aromatic heterocycles. The van der Waals surface area contributed by atoms with Gasteiger partial charge in [-0.15, -0.1) is 0 Å². The Kier molecular flexibility index (Phi) is 5.76. The van der Waals surface area contributed by atoms with Gasteiger partial charge in [-0.25, -0.2) is 4.79 Å². The largest absolute Gasteiger partial charge is 0.452 e. The molecule has 2 rings (SSSR count). The molecule has 0 atom stereocenters. The normalized spacial score (nSPS) is 10.7. The molecule has 5 nitrogen and oxygen atoms in total. The van der Waals surface area contributed by atoms with Crippen LogP contribution in [0.5, 0.6) is 0 Å². The van der Waals surface area contributed by atoms with Crippen LogP contribution in [-0.4, -0.2) is 18.5 Å². The molecule has 0 fully saturated rings. The Hall–Kier alpha value is -2.34. The topological polar surface area (TPSA) is 68.5 Å². The predicted octanol–water partition coefficient (Wildman–Crippen LogP) is 3.85. The number of anilines is 1. The highest BCUT2D eigenvalue weighted by atomic mass is 79.9. The summed E-state index contributed by atoms with van der Waals surface area (Å²) >= 11 is 3.16. The van der Waals surface area contributed by atoms with Crippen molar-refractivity contribution in [2.75, 3.05) is 11.9 Å². The van der Waals surface area contributed by atoms with E-state index in [1.54, 1.807) is 18.2 Å². The van der Waals surface area contributed by atoms with Crippen LogP contribution in [0.3, 0.4) is 0 Å². The second-order valence-electron chi connectivity index (χ2n) is 4.88. The van der Waals surface area contributed by atoms with E-state index in [2.05, 4.69) is 21.2 Å². The Morgan fingerprint density at radius 2 is 2.04 bits per heavy atom. The second-order valence-corrected chi connectivity index (χ2v) is 5.66. The number of nitrogens with one attached hydrogen (secondary N) is 1. The fourth-order valence-electron chi connectivity index (χ4n) is 1.83. The second kappa shape index (κ2) is 7.78. The smallest absolute Gasteiger partial charge is 0.331 e. The number of benzene rings is 1. The van der Waals surface area contributed by atoms with Crippen LogP contribution in [0.2, 0.25) is 0 Å². The number of carbonyl (C=O) groups is 2. The van der Waals surface area contributed by atoms with Gasteiger partial charge in [0.1, 0.15) is 5.76 Å². The van der Waals surface area contributed by atoms with E-state index in [4.69, 9.17) is 9.15 Å². The lowest BCUT2D eigenvalue weighted by Crippen LogP contribution is -2.20. The van der Waals surface area contributed by atoms with Gasteiger partial charge >= 0.3 is 5.97 Å². The van der Waals surface area contributed by atoms with Gasteiger partial charge in [0.25, 0.3) is 5.91 Å². The summed E-state index contributed by atoms with van der Waals surface area (Å²) in [6.07, 6.45) is 2.67. The number of carbonyl (C=O) groups excluding carboxylic acids is 2. The number of amides is 1. The van der Waals surface area contributed by atoms with Crippen molar-refractivity contribution in [3.8, 4) is 0 Å². The lowest BCUT2D eigenvalue weighted by molar-refractivity contribution is -0.142. The minimum atomic E-state index is -0.617. The Bertz CT molecular complexity index is 749. The zero-order valence-electron chi connectivity index (χ0n) is 12.8. The van der Waals surface area contributed by atoms with Crippen LogP contribution in [0.15, 0.2) is 45.5 Å². The summed E-state index contributed by atoms with van der Waals surface area (Å²) in [4.78, 5) is 23.4. The highest BCUT2D eigenvalue weighted by Gasteiger charge is 2.08. The number of rotatable bonds is 5. The minimum absolute atomic E-state index is 0.349. The van der Waals surface area contributed by atoms with Gasteiger partial charge < -0.3 is 14.5 Å². The van der Waals surface area contributed by atoms with Crippen molar-refractivity contribution < 1.29 is 18.7 Å². The Balaban J connectivity index is 1.83. The first kappa shape index (κ1) is 17.0. The minimum Gasteiger partial charge on any atom is -0.452 e. The molecule has 0 aliphatic carbocycles. The quantitative estimate of drug-likeness (QED) is 0.634. The third-order valence-corrected chi connectivity index (χ3v) is 3.63. The fourth-order valence-corrected chi connectivity index (χ4v) is 2.14. The number of halogens is 1. The van der Waals surface area contributed by atoms with Crippen molar-refractivity contribution in [3.05, 3.63) is 58.0 Å². The third kappa shape index (κ3) is 5.10. The zero-order chi connectivity index (χ0) is 16.8. The molecule has 1 N–H and O–H groups in total. The average molecular weight is 378 g/mol. The number of hydrogen-bond donors (Lipinski definition) is 1. The first-order chi connectivity index (χ1) is 11.0. The summed E-state index contributed by atoms with van der Waals surface area (Å²) in [7, 11) is 0. The van der Waals surface area contributed by atoms with E-state index in [1.807, 2.05) is 26.0 Å². The lowest BCUT2D eigenvalue weighted by Gasteiger charge is -2.10. The molecule has 0 bridgehead atoms. The number of aryl methyl sites for hydroxylation is 1. The molecule has 6 heteroatoms. The highest BCUT2D eigenvalue weighted by molar-refractivity contribution is 9.10. The highest BCUT2D eigenvalue weighted by Crippen LogP contribution is 2.18. The van der Waals surface area contributed by atoms with E-state index in [9.17, 15) is 9.59 Å². The molecular weight excluding hydrogens is 362 g/mol. The van der Waals surface area contributed by atoms with Crippen LogP contribution in [-0.2, 0) is 14.3 Å². The lowest BCUT2D eigenvalue weighted by atomic mass is 10.1. The van der Waals surface area contributed by atoms with Crippen LogP contribution in [0.1, 0.15) is 16.9 Å². The van der Waals surface area contributed by atoms with Crippen molar-refractivity contribution in [2.24, 2.45) is 0 Å². The van der Waals surface area contributed by atoms with Crippen LogP contribution >= 0.6 is 15.9 Å². The molecule has 1 amide bonds. The maximum Gasteiger partial charge on any atom is 0.331 e. The van der Waals surface area contributed by atoms with Gasteiger partial charge in [0.2, 0.25) is 0 Å². The fraction of sp³-hybridized carbons (Fsp3) is 0.176. The molecule has 0 unspecified atom stereocenters. The molecule has 23 heavy (non-hydrogen) atoms. The molecule has 1 aromatic carbocycles. The van der Waals surface area contributed by atoms with Crippen molar-refractivity contribution in [1.82, 2.24) is 0 Å². The standard InChI is InChI=1S/C17H16BrNO4/c1-11-4-3-5-14(12(11)2)19-16(20)10-22-17(21)9-7-13-6-8-15(18)23-13/h3-9H,10H2,1-2H3,(H,19,20)/b9-7+. The summed E-state index contributed by atoms with van der Waals surface area (Å²) in [6, 6.07) is 9.03. The molecule has 1 heterocycles. The molecule has 2 aromatic rings. The van der Waals surface area contributed by atoms with E-state index in [1.165, 1.54) is 12.2 Å². The van der Waals surface area contributed by atoms with Crippen molar-refractivity contribution in [3.63, 3.8) is 0 Å². The van der Waals surface area contributed by atoms with Gasteiger partial charge in [-0.3, -0.25) is 4.79 Å². The number of hydrogen-bond acceptors (Lipinski definition) is 4. The molecule has 0 aliphatic heterocycles. The summed E-state index contributed by atoms with van der Waals surface area (Å²) in [5, 5.41) is 2.72. The van der Waals surface area contributed by atoms with Crippen LogP contribution in [0.25, 0.3) is 6.08 Å². The first-order valence-electron chi connectivity index (χ1n) is 6.92. The monoisotopic (exact) mass is 377 g/mol. The van der Waals surface area contributed by atoms with Gasteiger partial charge in [0.15, 0.2) is 11.3 Å². The van der Waals surface area contributed by atoms with E-state index in [-0.39, 0.29) is 12.5 Å². The third-order valence-electron chi connectivity index (χ3n) is 3.20. The van der Waals surface area contributed by atoms with Crippen molar-refractivity contribution in [1.29, 1.82) is 0 Å².